The minimum absolute atomic E-state index is 0.0941. The van der Waals surface area contributed by atoms with E-state index in [1.165, 1.54) is 11.4 Å². The van der Waals surface area contributed by atoms with E-state index in [0.29, 0.717) is 6.42 Å². The lowest BCUT2D eigenvalue weighted by Gasteiger charge is -2.50. The molecule has 2 saturated carbocycles. The Morgan fingerprint density at radius 3 is 2.29 bits per heavy atom. The molecule has 4 N–H and O–H groups in total. The molecule has 0 spiro atoms. The van der Waals surface area contributed by atoms with Crippen LogP contribution >= 0.6 is 0 Å². The lowest BCUT2D eigenvalue weighted by Crippen LogP contribution is -2.62. The number of amides is 2. The Labute approximate surface area is 127 Å². The van der Waals surface area contributed by atoms with Crippen LogP contribution in [0.1, 0.15) is 71.1 Å². The summed E-state index contributed by atoms with van der Waals surface area (Å²) in [6.45, 7) is 1.80. The SMILES string of the molecule is CCC(=O)N(N)C1CCCCC1(C(N)=O)C1CCCCC1. The van der Waals surface area contributed by atoms with E-state index in [0.717, 1.165) is 51.4 Å². The van der Waals surface area contributed by atoms with Crippen LogP contribution in [-0.4, -0.2) is 22.9 Å². The van der Waals surface area contributed by atoms with Crippen molar-refractivity contribution in [1.29, 1.82) is 0 Å². The molecule has 2 unspecified atom stereocenters. The van der Waals surface area contributed by atoms with Crippen molar-refractivity contribution in [2.75, 3.05) is 0 Å². The quantitative estimate of drug-likeness (QED) is 0.473. The van der Waals surface area contributed by atoms with Gasteiger partial charge >= 0.3 is 0 Å². The standard InChI is InChI=1S/C16H29N3O2/c1-2-14(20)19(18)13-10-6-7-11-16(13,15(17)21)12-8-4-3-5-9-12/h12-13H,2-11,18H2,1H3,(H2,17,21). The Bertz CT molecular complexity index is 393. The van der Waals surface area contributed by atoms with Crippen LogP contribution in [0.3, 0.4) is 0 Å². The Kier molecular flexibility index (Phi) is 5.25. The Morgan fingerprint density at radius 1 is 1.10 bits per heavy atom. The van der Waals surface area contributed by atoms with Crippen molar-refractivity contribution >= 4 is 11.8 Å². The van der Waals surface area contributed by atoms with Gasteiger partial charge in [-0.05, 0) is 31.6 Å². The average molecular weight is 295 g/mol. The van der Waals surface area contributed by atoms with Crippen LogP contribution in [0.15, 0.2) is 0 Å². The molecule has 2 aliphatic carbocycles. The first-order chi connectivity index (χ1) is 10.0. The molecule has 2 atom stereocenters. The highest BCUT2D eigenvalue weighted by atomic mass is 16.2. The molecule has 5 heteroatoms. The third kappa shape index (κ3) is 2.93. The number of hydrogen-bond donors (Lipinski definition) is 2. The first kappa shape index (κ1) is 16.3. The highest BCUT2D eigenvalue weighted by Gasteiger charge is 2.53. The van der Waals surface area contributed by atoms with Crippen LogP contribution in [0, 0.1) is 11.3 Å². The van der Waals surface area contributed by atoms with Crippen LogP contribution in [0.4, 0.5) is 0 Å². The van der Waals surface area contributed by atoms with E-state index >= 15 is 0 Å². The molecular formula is C16H29N3O2. The molecule has 0 aromatic rings. The van der Waals surface area contributed by atoms with Crippen LogP contribution in [0.2, 0.25) is 0 Å². The van der Waals surface area contributed by atoms with Gasteiger partial charge < -0.3 is 5.73 Å². The molecule has 0 heterocycles. The van der Waals surface area contributed by atoms with E-state index in [1.54, 1.807) is 6.92 Å². The first-order valence-electron chi connectivity index (χ1n) is 8.40. The van der Waals surface area contributed by atoms with Crippen molar-refractivity contribution in [2.45, 2.75) is 77.2 Å². The molecule has 2 rings (SSSR count). The van der Waals surface area contributed by atoms with Crippen LogP contribution in [0.25, 0.3) is 0 Å². The van der Waals surface area contributed by atoms with E-state index in [2.05, 4.69) is 0 Å². The summed E-state index contributed by atoms with van der Waals surface area (Å²) in [4.78, 5) is 24.5. The summed E-state index contributed by atoms with van der Waals surface area (Å²) in [5, 5.41) is 1.33. The summed E-state index contributed by atoms with van der Waals surface area (Å²) in [5.41, 5.74) is 5.26. The minimum Gasteiger partial charge on any atom is -0.369 e. The van der Waals surface area contributed by atoms with Crippen molar-refractivity contribution in [3.05, 3.63) is 0 Å². The van der Waals surface area contributed by atoms with Gasteiger partial charge in [0.15, 0.2) is 0 Å². The maximum atomic E-state index is 12.4. The zero-order valence-corrected chi connectivity index (χ0v) is 13.1. The van der Waals surface area contributed by atoms with Gasteiger partial charge in [-0.15, -0.1) is 0 Å². The predicted molar refractivity (Wildman–Crippen MR) is 81.8 cm³/mol. The largest absolute Gasteiger partial charge is 0.369 e. The molecule has 2 fully saturated rings. The second kappa shape index (κ2) is 6.77. The van der Waals surface area contributed by atoms with Gasteiger partial charge in [-0.25, -0.2) is 5.84 Å². The smallest absolute Gasteiger partial charge is 0.236 e. The van der Waals surface area contributed by atoms with Gasteiger partial charge in [-0.3, -0.25) is 14.6 Å². The molecule has 21 heavy (non-hydrogen) atoms. The second-order valence-corrected chi connectivity index (χ2v) is 6.66. The van der Waals surface area contributed by atoms with Gasteiger partial charge in [0, 0.05) is 6.42 Å². The van der Waals surface area contributed by atoms with Gasteiger partial charge in [0.05, 0.1) is 11.5 Å². The molecule has 0 aliphatic heterocycles. The van der Waals surface area contributed by atoms with E-state index in [4.69, 9.17) is 11.6 Å². The number of nitrogens with two attached hydrogens (primary N) is 2. The number of nitrogens with zero attached hydrogens (tertiary/aromatic N) is 1. The molecule has 0 radical (unpaired) electrons. The number of hydrazine groups is 1. The fraction of sp³-hybridized carbons (Fsp3) is 0.875. The predicted octanol–water partition coefficient (Wildman–Crippen LogP) is 2.09. The zero-order chi connectivity index (χ0) is 15.5. The normalized spacial score (nSPS) is 30.9. The number of primary amides is 1. The van der Waals surface area contributed by atoms with Crippen molar-refractivity contribution < 1.29 is 9.59 Å². The molecule has 0 aromatic carbocycles. The van der Waals surface area contributed by atoms with Crippen molar-refractivity contribution in [1.82, 2.24) is 5.01 Å². The van der Waals surface area contributed by atoms with Gasteiger partial charge in [0.2, 0.25) is 11.8 Å². The van der Waals surface area contributed by atoms with Crippen LogP contribution < -0.4 is 11.6 Å². The summed E-state index contributed by atoms with van der Waals surface area (Å²) >= 11 is 0. The number of carbonyl (C=O) groups is 2. The average Bonchev–Trinajstić information content (AvgIpc) is 2.53. The fourth-order valence-corrected chi connectivity index (χ4v) is 4.51. The lowest BCUT2D eigenvalue weighted by molar-refractivity contribution is -0.150. The van der Waals surface area contributed by atoms with E-state index < -0.39 is 5.41 Å². The number of carbonyl (C=O) groups excluding carboxylic acids is 2. The Morgan fingerprint density at radius 2 is 1.71 bits per heavy atom. The third-order valence-corrected chi connectivity index (χ3v) is 5.63. The molecule has 2 amide bonds. The maximum Gasteiger partial charge on any atom is 0.236 e. The Balaban J connectivity index is 2.33. The summed E-state index contributed by atoms with van der Waals surface area (Å²) in [7, 11) is 0. The highest BCUT2D eigenvalue weighted by Crippen LogP contribution is 2.49. The highest BCUT2D eigenvalue weighted by molar-refractivity contribution is 5.84. The lowest BCUT2D eigenvalue weighted by atomic mass is 9.58. The van der Waals surface area contributed by atoms with Crippen LogP contribution in [0.5, 0.6) is 0 Å². The van der Waals surface area contributed by atoms with Gasteiger partial charge in [-0.1, -0.05) is 39.0 Å². The van der Waals surface area contributed by atoms with E-state index in [1.807, 2.05) is 0 Å². The first-order valence-corrected chi connectivity index (χ1v) is 8.40. The van der Waals surface area contributed by atoms with Crippen molar-refractivity contribution in [3.63, 3.8) is 0 Å². The molecule has 5 nitrogen and oxygen atoms in total. The summed E-state index contributed by atoms with van der Waals surface area (Å²) in [6, 6.07) is -0.223. The molecule has 0 saturated heterocycles. The van der Waals surface area contributed by atoms with Gasteiger partial charge in [0.1, 0.15) is 0 Å². The monoisotopic (exact) mass is 295 g/mol. The Hall–Kier alpha value is -1.10. The van der Waals surface area contributed by atoms with Crippen molar-refractivity contribution in [3.8, 4) is 0 Å². The maximum absolute atomic E-state index is 12.4. The minimum atomic E-state index is -0.613. The molecule has 0 bridgehead atoms. The number of rotatable bonds is 4. The fourth-order valence-electron chi connectivity index (χ4n) is 4.51. The summed E-state index contributed by atoms with van der Waals surface area (Å²) < 4.78 is 0. The van der Waals surface area contributed by atoms with E-state index in [-0.39, 0.29) is 23.8 Å². The third-order valence-electron chi connectivity index (χ3n) is 5.63. The van der Waals surface area contributed by atoms with Crippen LogP contribution in [-0.2, 0) is 9.59 Å². The molecule has 120 valence electrons. The molecule has 0 aromatic heterocycles. The summed E-state index contributed by atoms with van der Waals surface area (Å²) in [5.74, 6) is 6.04. The van der Waals surface area contributed by atoms with Gasteiger partial charge in [0.25, 0.3) is 0 Å². The topological polar surface area (TPSA) is 89.4 Å². The van der Waals surface area contributed by atoms with Crippen molar-refractivity contribution in [2.24, 2.45) is 22.9 Å². The summed E-state index contributed by atoms with van der Waals surface area (Å²) in [6.07, 6.45) is 9.56. The molecule has 2 aliphatic rings. The van der Waals surface area contributed by atoms with Gasteiger partial charge in [-0.2, -0.15) is 0 Å². The zero-order valence-electron chi connectivity index (χ0n) is 13.1. The number of hydrogen-bond acceptors (Lipinski definition) is 3. The van der Waals surface area contributed by atoms with E-state index in [9.17, 15) is 9.59 Å². The second-order valence-electron chi connectivity index (χ2n) is 6.66. The molecular weight excluding hydrogens is 266 g/mol.